The summed E-state index contributed by atoms with van der Waals surface area (Å²) in [6.45, 7) is 5.57. The maximum atomic E-state index is 12.5. The molecule has 0 aliphatic carbocycles. The normalized spacial score (nSPS) is 10.8. The van der Waals surface area contributed by atoms with Gasteiger partial charge in [-0.3, -0.25) is 9.59 Å². The molecule has 0 fully saturated rings. The number of carbonyl (C=O) groups excluding carboxylic acids is 1. The quantitative estimate of drug-likeness (QED) is 0.739. The van der Waals surface area contributed by atoms with E-state index in [1.54, 1.807) is 31.2 Å². The highest BCUT2D eigenvalue weighted by Crippen LogP contribution is 2.24. The standard InChI is InChI=1S/C19H16ClNO3/c1-10-7-11(2)18-15(22)9-17(24-16(18)8-10)19(23)21-14-6-4-5-13(20)12(14)3/h4-9H,1-3H3,(H,21,23). The largest absolute Gasteiger partial charge is 0.451 e. The lowest BCUT2D eigenvalue weighted by molar-refractivity contribution is 0.0997. The second-order valence-electron chi connectivity index (χ2n) is 5.80. The van der Waals surface area contributed by atoms with Gasteiger partial charge in [-0.1, -0.05) is 23.7 Å². The molecule has 5 heteroatoms. The van der Waals surface area contributed by atoms with Crippen molar-refractivity contribution in [2.75, 3.05) is 5.32 Å². The maximum Gasteiger partial charge on any atom is 0.291 e. The number of carbonyl (C=O) groups is 1. The number of fused-ring (bicyclic) bond motifs is 1. The Kier molecular flexibility index (Phi) is 4.16. The first-order chi connectivity index (χ1) is 11.4. The van der Waals surface area contributed by atoms with Crippen molar-refractivity contribution in [3.05, 3.63) is 74.1 Å². The van der Waals surface area contributed by atoms with Crippen LogP contribution in [-0.2, 0) is 0 Å². The third-order valence-corrected chi connectivity index (χ3v) is 4.32. The number of aryl methyl sites for hydroxylation is 2. The van der Waals surface area contributed by atoms with E-state index >= 15 is 0 Å². The molecule has 0 spiro atoms. The number of anilines is 1. The first kappa shape index (κ1) is 16.3. The number of hydrogen-bond donors (Lipinski definition) is 1. The fourth-order valence-corrected chi connectivity index (χ4v) is 2.88. The van der Waals surface area contributed by atoms with Crippen molar-refractivity contribution >= 4 is 34.2 Å². The smallest absolute Gasteiger partial charge is 0.291 e. The summed E-state index contributed by atoms with van der Waals surface area (Å²) in [6, 6.07) is 10.1. The van der Waals surface area contributed by atoms with Crippen molar-refractivity contribution in [3.8, 4) is 0 Å². The van der Waals surface area contributed by atoms with E-state index in [4.69, 9.17) is 16.0 Å². The summed E-state index contributed by atoms with van der Waals surface area (Å²) in [5.74, 6) is -0.518. The van der Waals surface area contributed by atoms with Gasteiger partial charge >= 0.3 is 0 Å². The number of hydrogen-bond acceptors (Lipinski definition) is 3. The van der Waals surface area contributed by atoms with E-state index < -0.39 is 5.91 Å². The molecule has 0 radical (unpaired) electrons. The number of halogens is 1. The molecule has 3 rings (SSSR count). The molecule has 0 saturated heterocycles. The van der Waals surface area contributed by atoms with Crippen LogP contribution in [0.5, 0.6) is 0 Å². The number of nitrogens with one attached hydrogen (secondary N) is 1. The van der Waals surface area contributed by atoms with Gasteiger partial charge in [0.05, 0.1) is 5.39 Å². The van der Waals surface area contributed by atoms with Crippen molar-refractivity contribution in [2.45, 2.75) is 20.8 Å². The molecule has 0 aliphatic heterocycles. The molecular formula is C19H16ClNO3. The van der Waals surface area contributed by atoms with Gasteiger partial charge in [-0.2, -0.15) is 0 Å². The number of benzene rings is 2. The molecule has 3 aromatic rings. The molecule has 0 aliphatic rings. The average Bonchev–Trinajstić information content (AvgIpc) is 2.50. The predicted molar refractivity (Wildman–Crippen MR) is 96.1 cm³/mol. The van der Waals surface area contributed by atoms with Crippen LogP contribution in [0.1, 0.15) is 27.2 Å². The highest BCUT2D eigenvalue weighted by atomic mass is 35.5. The Morgan fingerprint density at radius 3 is 2.62 bits per heavy atom. The second kappa shape index (κ2) is 6.13. The van der Waals surface area contributed by atoms with E-state index in [0.717, 1.165) is 16.7 Å². The zero-order chi connectivity index (χ0) is 17.4. The highest BCUT2D eigenvalue weighted by Gasteiger charge is 2.15. The van der Waals surface area contributed by atoms with Crippen LogP contribution in [0.3, 0.4) is 0 Å². The van der Waals surface area contributed by atoms with Crippen LogP contribution >= 0.6 is 11.6 Å². The molecule has 0 bridgehead atoms. The van der Waals surface area contributed by atoms with Gasteiger partial charge in [0.15, 0.2) is 11.2 Å². The highest BCUT2D eigenvalue weighted by molar-refractivity contribution is 6.31. The fourth-order valence-electron chi connectivity index (χ4n) is 2.70. The molecule has 0 unspecified atom stereocenters. The van der Waals surface area contributed by atoms with E-state index in [2.05, 4.69) is 5.32 Å². The van der Waals surface area contributed by atoms with Crippen LogP contribution < -0.4 is 10.7 Å². The first-order valence-electron chi connectivity index (χ1n) is 7.48. The Morgan fingerprint density at radius 1 is 1.12 bits per heavy atom. The van der Waals surface area contributed by atoms with Gasteiger partial charge in [-0.15, -0.1) is 0 Å². The second-order valence-corrected chi connectivity index (χ2v) is 6.20. The summed E-state index contributed by atoms with van der Waals surface area (Å²) >= 11 is 6.06. The minimum Gasteiger partial charge on any atom is -0.451 e. The lowest BCUT2D eigenvalue weighted by Gasteiger charge is -2.10. The van der Waals surface area contributed by atoms with Crippen LogP contribution in [-0.4, -0.2) is 5.91 Å². The molecule has 0 atom stereocenters. The van der Waals surface area contributed by atoms with Crippen molar-refractivity contribution in [1.29, 1.82) is 0 Å². The van der Waals surface area contributed by atoms with Crippen LogP contribution in [0.15, 0.2) is 45.6 Å². The molecule has 1 N–H and O–H groups in total. The zero-order valence-electron chi connectivity index (χ0n) is 13.6. The van der Waals surface area contributed by atoms with Gasteiger partial charge in [0.1, 0.15) is 5.58 Å². The van der Waals surface area contributed by atoms with E-state index in [1.807, 2.05) is 19.9 Å². The number of rotatable bonds is 2. The van der Waals surface area contributed by atoms with Gasteiger partial charge in [0.2, 0.25) is 0 Å². The average molecular weight is 342 g/mol. The Morgan fingerprint density at radius 2 is 1.88 bits per heavy atom. The Bertz CT molecular complexity index is 1020. The van der Waals surface area contributed by atoms with Gasteiger partial charge in [-0.25, -0.2) is 0 Å². The van der Waals surface area contributed by atoms with Gasteiger partial charge in [0, 0.05) is 16.8 Å². The molecule has 2 aromatic carbocycles. The van der Waals surface area contributed by atoms with E-state index in [0.29, 0.717) is 21.7 Å². The minimum absolute atomic E-state index is 0.0307. The Labute approximate surface area is 144 Å². The van der Waals surface area contributed by atoms with Crippen LogP contribution in [0.2, 0.25) is 5.02 Å². The molecule has 24 heavy (non-hydrogen) atoms. The number of amides is 1. The summed E-state index contributed by atoms with van der Waals surface area (Å²) in [6.07, 6.45) is 0. The van der Waals surface area contributed by atoms with Crippen molar-refractivity contribution < 1.29 is 9.21 Å². The summed E-state index contributed by atoms with van der Waals surface area (Å²) in [7, 11) is 0. The SMILES string of the molecule is Cc1cc(C)c2c(=O)cc(C(=O)Nc3cccc(Cl)c3C)oc2c1. The molecule has 4 nitrogen and oxygen atoms in total. The van der Waals surface area contributed by atoms with Crippen molar-refractivity contribution in [3.63, 3.8) is 0 Å². The lowest BCUT2D eigenvalue weighted by atomic mass is 10.1. The molecule has 1 heterocycles. The monoisotopic (exact) mass is 341 g/mol. The maximum absolute atomic E-state index is 12.5. The first-order valence-corrected chi connectivity index (χ1v) is 7.86. The van der Waals surface area contributed by atoms with Crippen LogP contribution in [0, 0.1) is 20.8 Å². The third-order valence-electron chi connectivity index (χ3n) is 3.91. The van der Waals surface area contributed by atoms with Gasteiger partial charge in [-0.05, 0) is 55.7 Å². The predicted octanol–water partition coefficient (Wildman–Crippen LogP) is 4.62. The summed E-state index contributed by atoms with van der Waals surface area (Å²) in [4.78, 5) is 24.8. The van der Waals surface area contributed by atoms with Gasteiger partial charge in [0.25, 0.3) is 5.91 Å². The fraction of sp³-hybridized carbons (Fsp3) is 0.158. The molecule has 122 valence electrons. The van der Waals surface area contributed by atoms with E-state index in [9.17, 15) is 9.59 Å². The van der Waals surface area contributed by atoms with E-state index in [1.165, 1.54) is 6.07 Å². The Balaban J connectivity index is 2.05. The third kappa shape index (κ3) is 2.93. The molecule has 1 amide bonds. The summed E-state index contributed by atoms with van der Waals surface area (Å²) in [5.41, 5.74) is 3.30. The summed E-state index contributed by atoms with van der Waals surface area (Å²) in [5, 5.41) is 3.78. The van der Waals surface area contributed by atoms with E-state index in [-0.39, 0.29) is 11.2 Å². The van der Waals surface area contributed by atoms with Crippen LogP contribution in [0.25, 0.3) is 11.0 Å². The Hall–Kier alpha value is -2.59. The van der Waals surface area contributed by atoms with Crippen LogP contribution in [0.4, 0.5) is 5.69 Å². The zero-order valence-corrected chi connectivity index (χ0v) is 14.3. The van der Waals surface area contributed by atoms with Crippen molar-refractivity contribution in [2.24, 2.45) is 0 Å². The molecule has 0 saturated carbocycles. The summed E-state index contributed by atoms with van der Waals surface area (Å²) < 4.78 is 5.66. The molecular weight excluding hydrogens is 326 g/mol. The lowest BCUT2D eigenvalue weighted by Crippen LogP contribution is -2.16. The van der Waals surface area contributed by atoms with Crippen molar-refractivity contribution in [1.82, 2.24) is 0 Å². The minimum atomic E-state index is -0.487. The van der Waals surface area contributed by atoms with Gasteiger partial charge < -0.3 is 9.73 Å². The topological polar surface area (TPSA) is 59.3 Å². The molecule has 1 aromatic heterocycles.